The summed E-state index contributed by atoms with van der Waals surface area (Å²) < 4.78 is 0. The lowest BCUT2D eigenvalue weighted by Crippen LogP contribution is -2.42. The van der Waals surface area contributed by atoms with Gasteiger partial charge >= 0.3 is 11.9 Å². The van der Waals surface area contributed by atoms with Crippen molar-refractivity contribution in [3.05, 3.63) is 83.2 Å². The summed E-state index contributed by atoms with van der Waals surface area (Å²) in [5.41, 5.74) is -1.27. The van der Waals surface area contributed by atoms with Crippen LogP contribution < -0.4 is 0 Å². The monoisotopic (exact) mass is 428 g/mol. The van der Waals surface area contributed by atoms with E-state index < -0.39 is 35.3 Å². The second-order valence-corrected chi connectivity index (χ2v) is 7.70. The predicted octanol–water partition coefficient (Wildman–Crippen LogP) is 3.43. The molecule has 1 aliphatic carbocycles. The second-order valence-electron chi connectivity index (χ2n) is 7.70. The molecule has 2 aromatic heterocycles. The number of aromatic amines is 2. The Morgan fingerprint density at radius 1 is 0.750 bits per heavy atom. The first kappa shape index (κ1) is 19.5. The predicted molar refractivity (Wildman–Crippen MR) is 115 cm³/mol. The van der Waals surface area contributed by atoms with Gasteiger partial charge in [0.05, 0.1) is 5.41 Å². The Labute approximate surface area is 180 Å². The van der Waals surface area contributed by atoms with Gasteiger partial charge in [-0.2, -0.15) is 0 Å². The average molecular weight is 428 g/mol. The van der Waals surface area contributed by atoms with Crippen molar-refractivity contribution in [3.8, 4) is 0 Å². The number of aromatic nitrogens is 2. The SMILES string of the molecule is O=C1C=CC(=O)C(c2c(C(=O)O)[nH]c3ccccc23)(c2c(C(=O)O)[nH]c3ccccc23)C1. The van der Waals surface area contributed by atoms with Gasteiger partial charge in [0.25, 0.3) is 0 Å². The molecule has 4 N–H and O–H groups in total. The Morgan fingerprint density at radius 2 is 1.22 bits per heavy atom. The summed E-state index contributed by atoms with van der Waals surface area (Å²) in [5.74, 6) is -3.60. The lowest BCUT2D eigenvalue weighted by atomic mass is 9.64. The molecular formula is C24H16N2O6. The summed E-state index contributed by atoms with van der Waals surface area (Å²) in [5, 5.41) is 20.8. The highest BCUT2D eigenvalue weighted by molar-refractivity contribution is 6.19. The van der Waals surface area contributed by atoms with Crippen molar-refractivity contribution >= 4 is 45.3 Å². The molecule has 1 aliphatic rings. The van der Waals surface area contributed by atoms with Crippen molar-refractivity contribution in [3.63, 3.8) is 0 Å². The number of ketones is 2. The molecule has 0 bridgehead atoms. The smallest absolute Gasteiger partial charge is 0.352 e. The third-order valence-corrected chi connectivity index (χ3v) is 5.97. The molecule has 5 rings (SSSR count). The first-order chi connectivity index (χ1) is 15.3. The third kappa shape index (κ3) is 2.56. The van der Waals surface area contributed by atoms with E-state index in [4.69, 9.17) is 0 Å². The molecule has 32 heavy (non-hydrogen) atoms. The van der Waals surface area contributed by atoms with E-state index in [1.807, 2.05) is 0 Å². The number of H-pyrrole nitrogens is 2. The molecule has 8 nitrogen and oxygen atoms in total. The molecule has 158 valence electrons. The lowest BCUT2D eigenvalue weighted by molar-refractivity contribution is -0.125. The molecule has 0 saturated carbocycles. The molecule has 0 unspecified atom stereocenters. The first-order valence-corrected chi connectivity index (χ1v) is 9.79. The van der Waals surface area contributed by atoms with Gasteiger partial charge < -0.3 is 20.2 Å². The van der Waals surface area contributed by atoms with E-state index in [2.05, 4.69) is 9.97 Å². The van der Waals surface area contributed by atoms with E-state index in [0.717, 1.165) is 12.2 Å². The number of carbonyl (C=O) groups excluding carboxylic acids is 2. The van der Waals surface area contributed by atoms with Crippen LogP contribution in [0.1, 0.15) is 38.5 Å². The van der Waals surface area contributed by atoms with Crippen molar-refractivity contribution in [2.24, 2.45) is 0 Å². The number of fused-ring (bicyclic) bond motifs is 2. The Hall–Kier alpha value is -4.46. The van der Waals surface area contributed by atoms with Crippen molar-refractivity contribution in [1.29, 1.82) is 0 Å². The molecule has 8 heteroatoms. The van der Waals surface area contributed by atoms with Crippen LogP contribution in [0.5, 0.6) is 0 Å². The Balaban J connectivity index is 2.03. The van der Waals surface area contributed by atoms with E-state index in [0.29, 0.717) is 21.8 Å². The van der Waals surface area contributed by atoms with E-state index in [1.165, 1.54) is 0 Å². The van der Waals surface area contributed by atoms with Gasteiger partial charge in [-0.05, 0) is 24.3 Å². The van der Waals surface area contributed by atoms with Gasteiger partial charge in [-0.25, -0.2) is 9.59 Å². The third-order valence-electron chi connectivity index (χ3n) is 5.97. The number of rotatable bonds is 4. The molecule has 0 aliphatic heterocycles. The quantitative estimate of drug-likeness (QED) is 0.393. The van der Waals surface area contributed by atoms with E-state index >= 15 is 0 Å². The van der Waals surface area contributed by atoms with Gasteiger partial charge in [0.2, 0.25) is 0 Å². The summed E-state index contributed by atoms with van der Waals surface area (Å²) in [6, 6.07) is 13.4. The zero-order valence-corrected chi connectivity index (χ0v) is 16.5. The highest BCUT2D eigenvalue weighted by Crippen LogP contribution is 2.48. The minimum atomic E-state index is -1.84. The van der Waals surface area contributed by atoms with Crippen molar-refractivity contribution < 1.29 is 29.4 Å². The molecule has 0 spiro atoms. The standard InChI is InChI=1S/C24H16N2O6/c27-12-9-10-17(28)24(11-12,18-13-5-1-3-7-15(13)25-20(18)22(29)30)19-14-6-2-4-8-16(14)26-21(19)23(31)32/h1-10,25-26H,11H2,(H,29,30)(H,31,32). The number of aromatic carboxylic acids is 2. The summed E-state index contributed by atoms with van der Waals surface area (Å²) in [7, 11) is 0. The molecule has 2 aromatic carbocycles. The minimum absolute atomic E-state index is 0.0792. The van der Waals surface area contributed by atoms with Gasteiger partial charge in [0.1, 0.15) is 11.4 Å². The van der Waals surface area contributed by atoms with Gasteiger partial charge in [-0.3, -0.25) is 9.59 Å². The zero-order valence-electron chi connectivity index (χ0n) is 16.5. The number of allylic oxidation sites excluding steroid dienone is 2. The molecule has 0 radical (unpaired) electrons. The highest BCUT2D eigenvalue weighted by atomic mass is 16.4. The Kier molecular flexibility index (Phi) is 4.13. The molecule has 0 saturated heterocycles. The number of carboxylic acid groups (broad SMARTS) is 2. The fraction of sp³-hybridized carbons (Fsp3) is 0.0833. The Bertz CT molecular complexity index is 1410. The molecule has 0 atom stereocenters. The minimum Gasteiger partial charge on any atom is -0.477 e. The zero-order chi connectivity index (χ0) is 22.6. The van der Waals surface area contributed by atoms with Crippen molar-refractivity contribution in [2.45, 2.75) is 11.8 Å². The molecule has 2 heterocycles. The van der Waals surface area contributed by atoms with E-state index in [9.17, 15) is 29.4 Å². The van der Waals surface area contributed by atoms with Crippen LogP contribution in [0.4, 0.5) is 0 Å². The Morgan fingerprint density at radius 3 is 1.69 bits per heavy atom. The van der Waals surface area contributed by atoms with Crippen LogP contribution in [0.2, 0.25) is 0 Å². The van der Waals surface area contributed by atoms with E-state index in [-0.39, 0.29) is 22.5 Å². The largest absolute Gasteiger partial charge is 0.477 e. The van der Waals surface area contributed by atoms with Crippen LogP contribution in [0.15, 0.2) is 60.7 Å². The van der Waals surface area contributed by atoms with Gasteiger partial charge in [-0.1, -0.05) is 36.4 Å². The molecule has 0 fully saturated rings. The first-order valence-electron chi connectivity index (χ1n) is 9.79. The van der Waals surface area contributed by atoms with Crippen LogP contribution in [0.3, 0.4) is 0 Å². The van der Waals surface area contributed by atoms with Gasteiger partial charge in [0.15, 0.2) is 11.6 Å². The maximum absolute atomic E-state index is 13.6. The van der Waals surface area contributed by atoms with Crippen LogP contribution in [-0.2, 0) is 15.0 Å². The van der Waals surface area contributed by atoms with E-state index in [1.54, 1.807) is 48.5 Å². The number of carbonyl (C=O) groups is 4. The van der Waals surface area contributed by atoms with Crippen LogP contribution in [0.25, 0.3) is 21.8 Å². The topological polar surface area (TPSA) is 140 Å². The average Bonchev–Trinajstić information content (AvgIpc) is 3.35. The summed E-state index contributed by atoms with van der Waals surface area (Å²) in [6.07, 6.45) is 1.85. The number of carboxylic acids is 2. The fourth-order valence-electron chi connectivity index (χ4n) is 4.76. The van der Waals surface area contributed by atoms with Crippen LogP contribution in [-0.4, -0.2) is 43.7 Å². The van der Waals surface area contributed by atoms with Crippen LogP contribution >= 0.6 is 0 Å². The lowest BCUT2D eigenvalue weighted by Gasteiger charge is -2.34. The fourth-order valence-corrected chi connectivity index (χ4v) is 4.76. The maximum Gasteiger partial charge on any atom is 0.352 e. The number of benzene rings is 2. The van der Waals surface area contributed by atoms with Crippen LogP contribution in [0, 0.1) is 0 Å². The number of hydrogen-bond donors (Lipinski definition) is 4. The van der Waals surface area contributed by atoms with Gasteiger partial charge in [-0.15, -0.1) is 0 Å². The molecular weight excluding hydrogens is 412 g/mol. The number of para-hydroxylation sites is 2. The normalized spacial score (nSPS) is 15.5. The summed E-state index contributed by atoms with van der Waals surface area (Å²) >= 11 is 0. The highest BCUT2D eigenvalue weighted by Gasteiger charge is 2.51. The summed E-state index contributed by atoms with van der Waals surface area (Å²) in [4.78, 5) is 56.5. The van der Waals surface area contributed by atoms with Crippen molar-refractivity contribution in [2.75, 3.05) is 0 Å². The second kappa shape index (κ2) is 6.78. The number of nitrogens with one attached hydrogen (secondary N) is 2. The maximum atomic E-state index is 13.6. The van der Waals surface area contributed by atoms with Crippen molar-refractivity contribution in [1.82, 2.24) is 9.97 Å². The number of hydrogen-bond acceptors (Lipinski definition) is 4. The molecule has 0 amide bonds. The molecule has 4 aromatic rings. The van der Waals surface area contributed by atoms with Gasteiger partial charge in [0, 0.05) is 39.4 Å². The summed E-state index contributed by atoms with van der Waals surface area (Å²) in [6.45, 7) is 0.